The maximum atomic E-state index is 12.7. The number of nitrogens with one attached hydrogen (secondary N) is 2. The summed E-state index contributed by atoms with van der Waals surface area (Å²) >= 11 is 0. The molecule has 0 radical (unpaired) electrons. The summed E-state index contributed by atoms with van der Waals surface area (Å²) < 4.78 is 0. The third kappa shape index (κ3) is 2.57. The molecule has 3 rings (SSSR count). The standard InChI is InChI=1S/C17H23N3O3/c1-9(2)15-17(23)18-10(8-21)7-11-14-12(19-16(11)22)5-4-6-13(14)20(15)3/h4-6,9-11,15,21H,7-8H2,1-3H3,(H,18,23)(H,19,22)/t10-,11?,15-/m0/s1. The normalized spacial score (nSPS) is 27.0. The first-order valence-corrected chi connectivity index (χ1v) is 8.01. The Bertz CT molecular complexity index is 644. The zero-order valence-corrected chi connectivity index (χ0v) is 13.7. The van der Waals surface area contributed by atoms with Crippen molar-refractivity contribution in [3.05, 3.63) is 23.8 Å². The number of carbonyl (C=O) groups excluding carboxylic acids is 2. The van der Waals surface area contributed by atoms with E-state index in [2.05, 4.69) is 10.6 Å². The maximum Gasteiger partial charge on any atom is 0.243 e. The number of rotatable bonds is 2. The van der Waals surface area contributed by atoms with E-state index in [9.17, 15) is 14.7 Å². The summed E-state index contributed by atoms with van der Waals surface area (Å²) in [7, 11) is 1.89. The van der Waals surface area contributed by atoms with Gasteiger partial charge in [0.25, 0.3) is 0 Å². The molecule has 2 aliphatic rings. The van der Waals surface area contributed by atoms with E-state index in [1.165, 1.54) is 0 Å². The van der Waals surface area contributed by atoms with Gasteiger partial charge in [0.15, 0.2) is 0 Å². The molecule has 23 heavy (non-hydrogen) atoms. The lowest BCUT2D eigenvalue weighted by Gasteiger charge is -2.33. The van der Waals surface area contributed by atoms with Crippen LogP contribution < -0.4 is 15.5 Å². The van der Waals surface area contributed by atoms with Crippen LogP contribution >= 0.6 is 0 Å². The molecule has 0 aliphatic carbocycles. The number of aliphatic hydroxyl groups excluding tert-OH is 1. The molecule has 1 aromatic rings. The summed E-state index contributed by atoms with van der Waals surface area (Å²) in [6, 6.07) is 4.95. The van der Waals surface area contributed by atoms with Gasteiger partial charge in [-0.1, -0.05) is 19.9 Å². The molecule has 6 heteroatoms. The van der Waals surface area contributed by atoms with Crippen molar-refractivity contribution in [2.75, 3.05) is 23.9 Å². The van der Waals surface area contributed by atoms with Crippen LogP contribution in [-0.2, 0) is 9.59 Å². The highest BCUT2D eigenvalue weighted by atomic mass is 16.3. The Hall–Kier alpha value is -2.08. The molecule has 124 valence electrons. The predicted octanol–water partition coefficient (Wildman–Crippen LogP) is 1.06. The Morgan fingerprint density at radius 1 is 1.30 bits per heavy atom. The highest BCUT2D eigenvalue weighted by Crippen LogP contribution is 2.43. The molecule has 2 amide bonds. The minimum atomic E-state index is -0.426. The monoisotopic (exact) mass is 317 g/mol. The van der Waals surface area contributed by atoms with Crippen LogP contribution in [0.2, 0.25) is 0 Å². The predicted molar refractivity (Wildman–Crippen MR) is 88.5 cm³/mol. The smallest absolute Gasteiger partial charge is 0.243 e. The maximum absolute atomic E-state index is 12.7. The van der Waals surface area contributed by atoms with Crippen LogP contribution in [0, 0.1) is 5.92 Å². The van der Waals surface area contributed by atoms with E-state index in [0.29, 0.717) is 6.42 Å². The fourth-order valence-electron chi connectivity index (χ4n) is 3.74. The van der Waals surface area contributed by atoms with Crippen LogP contribution in [0.4, 0.5) is 11.4 Å². The molecule has 0 aromatic heterocycles. The largest absolute Gasteiger partial charge is 0.394 e. The van der Waals surface area contributed by atoms with E-state index in [4.69, 9.17) is 0 Å². The topological polar surface area (TPSA) is 81.7 Å². The molecule has 0 saturated carbocycles. The number of likely N-dealkylation sites (N-methyl/N-ethyl adjacent to an activating group) is 1. The van der Waals surface area contributed by atoms with Crippen LogP contribution in [0.3, 0.4) is 0 Å². The summed E-state index contributed by atoms with van der Waals surface area (Å²) in [5.74, 6) is -0.445. The molecule has 6 nitrogen and oxygen atoms in total. The van der Waals surface area contributed by atoms with Crippen molar-refractivity contribution in [3.63, 3.8) is 0 Å². The number of hydrogen-bond acceptors (Lipinski definition) is 4. The summed E-state index contributed by atoms with van der Waals surface area (Å²) in [4.78, 5) is 27.0. The Morgan fingerprint density at radius 3 is 2.70 bits per heavy atom. The molecule has 1 unspecified atom stereocenters. The van der Waals surface area contributed by atoms with E-state index in [1.54, 1.807) is 0 Å². The zero-order valence-electron chi connectivity index (χ0n) is 13.7. The second kappa shape index (κ2) is 5.85. The summed E-state index contributed by atoms with van der Waals surface area (Å²) in [5, 5.41) is 15.4. The van der Waals surface area contributed by atoms with Crippen LogP contribution in [-0.4, -0.2) is 42.7 Å². The van der Waals surface area contributed by atoms with Gasteiger partial charge in [-0.3, -0.25) is 9.59 Å². The van der Waals surface area contributed by atoms with Crippen molar-refractivity contribution in [2.45, 2.75) is 38.3 Å². The van der Waals surface area contributed by atoms with Gasteiger partial charge >= 0.3 is 0 Å². The average Bonchev–Trinajstić information content (AvgIpc) is 2.82. The lowest BCUT2D eigenvalue weighted by Crippen LogP contribution is -2.51. The fourth-order valence-corrected chi connectivity index (χ4v) is 3.74. The highest BCUT2D eigenvalue weighted by molar-refractivity contribution is 6.05. The number of amides is 2. The van der Waals surface area contributed by atoms with Crippen molar-refractivity contribution in [2.24, 2.45) is 5.92 Å². The number of carbonyl (C=O) groups is 2. The average molecular weight is 317 g/mol. The van der Waals surface area contributed by atoms with Gasteiger partial charge in [-0.2, -0.15) is 0 Å². The second-order valence-electron chi connectivity index (χ2n) is 6.70. The minimum absolute atomic E-state index is 0.0726. The number of anilines is 2. The SMILES string of the molecule is CC(C)[C@H]1C(=O)N[C@H](CO)CC2C(=O)Nc3cccc(c32)N1C. The van der Waals surface area contributed by atoms with Crippen molar-refractivity contribution in [3.8, 4) is 0 Å². The number of nitrogens with zero attached hydrogens (tertiary/aromatic N) is 1. The Morgan fingerprint density at radius 2 is 2.04 bits per heavy atom. The molecular formula is C17H23N3O3. The molecule has 2 aliphatic heterocycles. The van der Waals surface area contributed by atoms with Gasteiger partial charge in [0, 0.05) is 24.0 Å². The Kier molecular flexibility index (Phi) is 4.02. The zero-order chi connectivity index (χ0) is 16.7. The molecule has 2 heterocycles. The first-order chi connectivity index (χ1) is 10.9. The van der Waals surface area contributed by atoms with Crippen LogP contribution in [0.15, 0.2) is 18.2 Å². The van der Waals surface area contributed by atoms with E-state index >= 15 is 0 Å². The van der Waals surface area contributed by atoms with Gasteiger partial charge in [0.05, 0.1) is 18.6 Å². The highest BCUT2D eigenvalue weighted by Gasteiger charge is 2.40. The van der Waals surface area contributed by atoms with Crippen molar-refractivity contribution >= 4 is 23.2 Å². The van der Waals surface area contributed by atoms with Crippen LogP contribution in [0.25, 0.3) is 0 Å². The first-order valence-electron chi connectivity index (χ1n) is 8.01. The van der Waals surface area contributed by atoms with E-state index in [1.807, 2.05) is 44.0 Å². The van der Waals surface area contributed by atoms with Crippen molar-refractivity contribution < 1.29 is 14.7 Å². The van der Waals surface area contributed by atoms with E-state index in [0.717, 1.165) is 16.9 Å². The molecule has 0 saturated heterocycles. The van der Waals surface area contributed by atoms with E-state index < -0.39 is 6.04 Å². The molecule has 0 bridgehead atoms. The first kappa shape index (κ1) is 15.8. The Labute approximate surface area is 135 Å². The third-order valence-electron chi connectivity index (χ3n) is 4.79. The number of aliphatic hydroxyl groups is 1. The molecule has 0 fully saturated rings. The minimum Gasteiger partial charge on any atom is -0.394 e. The van der Waals surface area contributed by atoms with Crippen LogP contribution in [0.5, 0.6) is 0 Å². The third-order valence-corrected chi connectivity index (χ3v) is 4.79. The molecular weight excluding hydrogens is 294 g/mol. The van der Waals surface area contributed by atoms with Crippen molar-refractivity contribution in [1.82, 2.24) is 5.32 Å². The summed E-state index contributed by atoms with van der Waals surface area (Å²) in [6.07, 6.45) is 0.400. The molecule has 3 atom stereocenters. The lowest BCUT2D eigenvalue weighted by molar-refractivity contribution is -0.124. The lowest BCUT2D eigenvalue weighted by atomic mass is 9.92. The number of benzene rings is 1. The molecule has 0 spiro atoms. The van der Waals surface area contributed by atoms with E-state index in [-0.39, 0.29) is 36.3 Å². The van der Waals surface area contributed by atoms with Crippen LogP contribution in [0.1, 0.15) is 31.7 Å². The number of hydrogen-bond donors (Lipinski definition) is 3. The molecule has 3 N–H and O–H groups in total. The van der Waals surface area contributed by atoms with Gasteiger partial charge in [-0.15, -0.1) is 0 Å². The van der Waals surface area contributed by atoms with Gasteiger partial charge in [-0.25, -0.2) is 0 Å². The van der Waals surface area contributed by atoms with Gasteiger partial charge in [-0.05, 0) is 24.5 Å². The Balaban J connectivity index is 2.15. The van der Waals surface area contributed by atoms with Gasteiger partial charge in [0.1, 0.15) is 6.04 Å². The van der Waals surface area contributed by atoms with Crippen molar-refractivity contribution in [1.29, 1.82) is 0 Å². The second-order valence-corrected chi connectivity index (χ2v) is 6.70. The fraction of sp³-hybridized carbons (Fsp3) is 0.529. The molecule has 1 aromatic carbocycles. The summed E-state index contributed by atoms with van der Waals surface area (Å²) in [5.41, 5.74) is 2.64. The van der Waals surface area contributed by atoms with Gasteiger partial charge < -0.3 is 20.6 Å². The quantitative estimate of drug-likeness (QED) is 0.762. The van der Waals surface area contributed by atoms with Gasteiger partial charge in [0.2, 0.25) is 11.8 Å². The summed E-state index contributed by atoms with van der Waals surface area (Å²) in [6.45, 7) is 3.81.